The predicted octanol–water partition coefficient (Wildman–Crippen LogP) is 5.06. The smallest absolute Gasteiger partial charge is 0.238 e. The molecule has 0 bridgehead atoms. The molecule has 0 saturated carbocycles. The Balaban J connectivity index is 0.00000172. The van der Waals surface area contributed by atoms with Gasteiger partial charge in [-0.15, -0.1) is 0 Å². The molecule has 20 heavy (non-hydrogen) atoms. The normalized spacial score (nSPS) is 12.8. The minimum Gasteiger partial charge on any atom is -0.238 e. The van der Waals surface area contributed by atoms with Gasteiger partial charge in [0.25, 0.3) is 0 Å². The van der Waals surface area contributed by atoms with Gasteiger partial charge >= 0.3 is 6.18 Å². The molecule has 112 valence electrons. The molecule has 0 saturated heterocycles. The molecule has 0 unspecified atom stereocenters. The van der Waals surface area contributed by atoms with Gasteiger partial charge in [0.2, 0.25) is 0 Å². The van der Waals surface area contributed by atoms with E-state index in [1.807, 2.05) is 13.8 Å². The maximum absolute atomic E-state index is 12.6. The number of alkyl halides is 3. The van der Waals surface area contributed by atoms with Crippen molar-refractivity contribution in [2.45, 2.75) is 40.8 Å². The Hall–Kier alpha value is -1.78. The van der Waals surface area contributed by atoms with Crippen LogP contribution in [0.15, 0.2) is 36.4 Å². The van der Waals surface area contributed by atoms with E-state index in [0.29, 0.717) is 5.70 Å². The van der Waals surface area contributed by atoms with Crippen LogP contribution >= 0.6 is 0 Å². The summed E-state index contributed by atoms with van der Waals surface area (Å²) in [7, 11) is 0. The lowest BCUT2D eigenvalue weighted by atomic mass is 10.2. The first-order valence-corrected chi connectivity index (χ1v) is 6.41. The third kappa shape index (κ3) is 4.72. The van der Waals surface area contributed by atoms with Crippen molar-refractivity contribution in [3.05, 3.63) is 47.8 Å². The van der Waals surface area contributed by atoms with Crippen molar-refractivity contribution in [2.75, 3.05) is 0 Å². The minimum atomic E-state index is -4.41. The highest BCUT2D eigenvalue weighted by Crippen LogP contribution is 2.28. The zero-order chi connectivity index (χ0) is 15.9. The van der Waals surface area contributed by atoms with Crippen molar-refractivity contribution in [1.82, 2.24) is 9.78 Å². The van der Waals surface area contributed by atoms with E-state index in [1.54, 1.807) is 32.9 Å². The molecule has 0 aromatic carbocycles. The Bertz CT molecular complexity index is 506. The molecule has 0 aliphatic carbocycles. The van der Waals surface area contributed by atoms with E-state index in [9.17, 15) is 13.2 Å². The molecule has 0 spiro atoms. The molecule has 0 radical (unpaired) electrons. The Morgan fingerprint density at radius 1 is 1.30 bits per heavy atom. The fourth-order valence-electron chi connectivity index (χ4n) is 1.57. The summed E-state index contributed by atoms with van der Waals surface area (Å²) in [6, 6.07) is 1.80. The molecule has 5 heteroatoms. The summed E-state index contributed by atoms with van der Waals surface area (Å²) in [6.45, 7) is 12.4. The highest BCUT2D eigenvalue weighted by molar-refractivity contribution is 5.60. The maximum atomic E-state index is 12.6. The Labute approximate surface area is 118 Å². The monoisotopic (exact) mass is 286 g/mol. The van der Waals surface area contributed by atoms with Crippen molar-refractivity contribution < 1.29 is 13.2 Å². The average Bonchev–Trinajstić information content (AvgIpc) is 2.71. The number of aryl methyl sites for hydroxylation is 2. The Kier molecular flexibility index (Phi) is 7.04. The van der Waals surface area contributed by atoms with Gasteiger partial charge in [0.15, 0.2) is 0 Å². The second-order valence-corrected chi connectivity index (χ2v) is 3.85. The number of nitrogens with zero attached hydrogens (tertiary/aromatic N) is 2. The lowest BCUT2D eigenvalue weighted by Gasteiger charge is -2.10. The van der Waals surface area contributed by atoms with Crippen molar-refractivity contribution in [2.24, 2.45) is 0 Å². The van der Waals surface area contributed by atoms with Crippen molar-refractivity contribution in [1.29, 1.82) is 0 Å². The number of hydrogen-bond donors (Lipinski definition) is 0. The summed E-state index contributed by atoms with van der Waals surface area (Å²) in [5.41, 5.74) is 1.12. The lowest BCUT2D eigenvalue weighted by Crippen LogP contribution is -2.11. The molecule has 0 fully saturated rings. The number of halogens is 3. The van der Waals surface area contributed by atoms with Gasteiger partial charge < -0.3 is 0 Å². The van der Waals surface area contributed by atoms with Gasteiger partial charge in [-0.25, -0.2) is 4.68 Å². The standard InChI is InChI=1S/C13H15F3N2.C2H6/c1-5-11(13(14,15)16)8-12(6-2)18-10(4)7-9(3)17-18;1-2/h5-8H,1H2,2-4H3;1-2H3/b11-8+,12-6+;. The van der Waals surface area contributed by atoms with Crippen molar-refractivity contribution in [3.8, 4) is 0 Å². The summed E-state index contributed by atoms with van der Waals surface area (Å²) in [5, 5.41) is 4.15. The van der Waals surface area contributed by atoms with Crippen LogP contribution in [0.4, 0.5) is 13.2 Å². The quantitative estimate of drug-likeness (QED) is 0.710. The highest BCUT2D eigenvalue weighted by Gasteiger charge is 2.31. The number of rotatable bonds is 3. The van der Waals surface area contributed by atoms with Crippen molar-refractivity contribution >= 4 is 5.70 Å². The molecular formula is C15H21F3N2. The molecule has 1 heterocycles. The molecule has 0 aliphatic rings. The van der Waals surface area contributed by atoms with Gasteiger partial charge in [0.05, 0.1) is 17.0 Å². The summed E-state index contributed by atoms with van der Waals surface area (Å²) in [4.78, 5) is 0. The van der Waals surface area contributed by atoms with E-state index in [2.05, 4.69) is 11.7 Å². The number of aromatic nitrogens is 2. The SMILES string of the molecule is C=C/C(=C\C(=C/C)n1nc(C)cc1C)C(F)(F)F.CC. The van der Waals surface area contributed by atoms with E-state index >= 15 is 0 Å². The number of hydrogen-bond acceptors (Lipinski definition) is 1. The summed E-state index contributed by atoms with van der Waals surface area (Å²) < 4.78 is 39.4. The van der Waals surface area contributed by atoms with Crippen LogP contribution in [0.25, 0.3) is 5.70 Å². The fourth-order valence-corrected chi connectivity index (χ4v) is 1.57. The van der Waals surface area contributed by atoms with Crippen LogP contribution in [0.2, 0.25) is 0 Å². The minimum absolute atomic E-state index is 0.368. The molecule has 0 atom stereocenters. The van der Waals surface area contributed by atoms with Gasteiger partial charge in [0.1, 0.15) is 0 Å². The van der Waals surface area contributed by atoms with Gasteiger partial charge in [-0.1, -0.05) is 32.6 Å². The third-order valence-corrected chi connectivity index (χ3v) is 2.40. The summed E-state index contributed by atoms with van der Waals surface area (Å²) >= 11 is 0. The lowest BCUT2D eigenvalue weighted by molar-refractivity contribution is -0.0881. The van der Waals surface area contributed by atoms with Gasteiger partial charge in [0, 0.05) is 5.69 Å². The van der Waals surface area contributed by atoms with E-state index in [-0.39, 0.29) is 0 Å². The molecule has 0 N–H and O–H groups in total. The zero-order valence-electron chi connectivity index (χ0n) is 12.5. The van der Waals surface area contributed by atoms with Crippen LogP contribution in [-0.2, 0) is 0 Å². The van der Waals surface area contributed by atoms with E-state index in [1.165, 1.54) is 4.68 Å². The van der Waals surface area contributed by atoms with Crippen molar-refractivity contribution in [3.63, 3.8) is 0 Å². The van der Waals surface area contributed by atoms with Gasteiger partial charge in [-0.2, -0.15) is 18.3 Å². The Morgan fingerprint density at radius 2 is 1.85 bits per heavy atom. The molecule has 2 nitrogen and oxygen atoms in total. The van der Waals surface area contributed by atoms with Crippen LogP contribution in [0, 0.1) is 13.8 Å². The van der Waals surface area contributed by atoms with Crippen LogP contribution in [0.5, 0.6) is 0 Å². The van der Waals surface area contributed by atoms with Crippen LogP contribution in [-0.4, -0.2) is 16.0 Å². The predicted molar refractivity (Wildman–Crippen MR) is 77.3 cm³/mol. The maximum Gasteiger partial charge on any atom is 0.416 e. The highest BCUT2D eigenvalue weighted by atomic mass is 19.4. The largest absolute Gasteiger partial charge is 0.416 e. The molecule has 1 rings (SSSR count). The molecule has 0 amide bonds. The molecular weight excluding hydrogens is 265 g/mol. The topological polar surface area (TPSA) is 17.8 Å². The van der Waals surface area contributed by atoms with Crippen LogP contribution in [0.3, 0.4) is 0 Å². The Morgan fingerprint density at radius 3 is 2.15 bits per heavy atom. The second kappa shape index (κ2) is 7.72. The van der Waals surface area contributed by atoms with Crippen LogP contribution in [0.1, 0.15) is 32.2 Å². The summed E-state index contributed by atoms with van der Waals surface area (Å²) in [5.74, 6) is 0. The fraction of sp³-hybridized carbons (Fsp3) is 0.400. The van der Waals surface area contributed by atoms with Gasteiger partial charge in [-0.05, 0) is 32.9 Å². The van der Waals surface area contributed by atoms with E-state index in [4.69, 9.17) is 0 Å². The first kappa shape index (κ1) is 18.2. The molecule has 1 aromatic heterocycles. The van der Waals surface area contributed by atoms with E-state index in [0.717, 1.165) is 23.5 Å². The first-order valence-electron chi connectivity index (χ1n) is 6.41. The van der Waals surface area contributed by atoms with Gasteiger partial charge in [-0.3, -0.25) is 0 Å². The van der Waals surface area contributed by atoms with Crippen LogP contribution < -0.4 is 0 Å². The summed E-state index contributed by atoms with van der Waals surface area (Å²) in [6.07, 6.45) is -0.998. The second-order valence-electron chi connectivity index (χ2n) is 3.85. The number of allylic oxidation sites excluding steroid dienone is 5. The first-order chi connectivity index (χ1) is 9.29. The van der Waals surface area contributed by atoms with E-state index < -0.39 is 11.7 Å². The zero-order valence-corrected chi connectivity index (χ0v) is 12.5. The average molecular weight is 286 g/mol. The third-order valence-electron chi connectivity index (χ3n) is 2.40. The molecule has 0 aliphatic heterocycles. The molecule has 1 aromatic rings.